The number of aliphatic hydroxyl groups excluding tert-OH is 1. The predicted octanol–water partition coefficient (Wildman–Crippen LogP) is 4.42. The Morgan fingerprint density at radius 2 is 1.69 bits per heavy atom. The molecule has 2 heterocycles. The number of carbonyl (C=O) groups is 2. The van der Waals surface area contributed by atoms with Crippen molar-refractivity contribution in [1.29, 1.82) is 0 Å². The minimum atomic E-state index is -0.278. The van der Waals surface area contributed by atoms with E-state index in [9.17, 15) is 14.7 Å². The molecule has 1 saturated heterocycles. The summed E-state index contributed by atoms with van der Waals surface area (Å²) in [5.74, 6) is -0.556. The molecule has 3 aromatic carbocycles. The predicted molar refractivity (Wildman–Crippen MR) is 125 cm³/mol. The number of fused-ring (bicyclic) bond motifs is 1. The van der Waals surface area contributed by atoms with Crippen LogP contribution in [0.3, 0.4) is 0 Å². The standard InChI is InChI=1S/C27H26N2O3/c1-18-22(20-7-3-2-4-8-20)10-5-11-25(18)29-26(31)23-13-12-19(15-24(23)27(29)32)16-28-14-6-9-21(28)17-30/h2-5,7-8,10-13,15,21,30H,6,9,14,16-17H2,1H3/t21-/m0/s1. The molecule has 32 heavy (non-hydrogen) atoms. The molecule has 2 amide bonds. The van der Waals surface area contributed by atoms with Crippen LogP contribution in [0, 0.1) is 6.92 Å². The minimum Gasteiger partial charge on any atom is -0.395 e. The highest BCUT2D eigenvalue weighted by atomic mass is 16.3. The molecule has 0 radical (unpaired) electrons. The highest BCUT2D eigenvalue weighted by Crippen LogP contribution is 2.35. The number of rotatable bonds is 5. The quantitative estimate of drug-likeness (QED) is 0.614. The zero-order valence-corrected chi connectivity index (χ0v) is 18.1. The van der Waals surface area contributed by atoms with Crippen molar-refractivity contribution >= 4 is 17.5 Å². The number of imide groups is 1. The molecular formula is C27H26N2O3. The first kappa shape index (κ1) is 20.6. The fraction of sp³-hybridized carbons (Fsp3) is 0.259. The van der Waals surface area contributed by atoms with Crippen LogP contribution in [0.5, 0.6) is 0 Å². The average molecular weight is 427 g/mol. The van der Waals surface area contributed by atoms with Crippen molar-refractivity contribution in [2.75, 3.05) is 18.1 Å². The first-order valence-electron chi connectivity index (χ1n) is 11.1. The smallest absolute Gasteiger partial charge is 0.266 e. The van der Waals surface area contributed by atoms with Gasteiger partial charge in [0, 0.05) is 12.6 Å². The van der Waals surface area contributed by atoms with Crippen LogP contribution in [-0.4, -0.2) is 41.0 Å². The van der Waals surface area contributed by atoms with Crippen molar-refractivity contribution in [2.24, 2.45) is 0 Å². The molecule has 1 atom stereocenters. The number of nitrogens with zero attached hydrogens (tertiary/aromatic N) is 2. The molecule has 0 aromatic heterocycles. The first-order valence-corrected chi connectivity index (χ1v) is 11.1. The summed E-state index contributed by atoms with van der Waals surface area (Å²) < 4.78 is 0. The SMILES string of the molecule is Cc1c(-c2ccccc2)cccc1N1C(=O)c2ccc(CN3CCC[C@H]3CO)cc2C1=O. The third-order valence-electron chi connectivity index (χ3n) is 6.68. The lowest BCUT2D eigenvalue weighted by atomic mass is 9.99. The summed E-state index contributed by atoms with van der Waals surface area (Å²) in [7, 11) is 0. The third kappa shape index (κ3) is 3.44. The largest absolute Gasteiger partial charge is 0.395 e. The summed E-state index contributed by atoms with van der Waals surface area (Å²) in [6.45, 7) is 3.71. The Hall–Kier alpha value is -3.28. The Morgan fingerprint density at radius 1 is 0.906 bits per heavy atom. The molecule has 162 valence electrons. The zero-order valence-electron chi connectivity index (χ0n) is 18.1. The average Bonchev–Trinajstić information content (AvgIpc) is 3.36. The highest BCUT2D eigenvalue weighted by molar-refractivity contribution is 6.34. The summed E-state index contributed by atoms with van der Waals surface area (Å²) >= 11 is 0. The van der Waals surface area contributed by atoms with Gasteiger partial charge in [0.05, 0.1) is 23.4 Å². The Kier molecular flexibility index (Phi) is 5.37. The van der Waals surface area contributed by atoms with Crippen molar-refractivity contribution in [3.8, 4) is 11.1 Å². The molecule has 5 rings (SSSR count). The van der Waals surface area contributed by atoms with Crippen LogP contribution >= 0.6 is 0 Å². The minimum absolute atomic E-state index is 0.146. The molecule has 2 aliphatic rings. The summed E-state index contributed by atoms with van der Waals surface area (Å²) in [4.78, 5) is 30.1. The van der Waals surface area contributed by atoms with Crippen LogP contribution in [0.25, 0.3) is 11.1 Å². The van der Waals surface area contributed by atoms with Gasteiger partial charge >= 0.3 is 0 Å². The van der Waals surface area contributed by atoms with Gasteiger partial charge in [-0.25, -0.2) is 4.90 Å². The van der Waals surface area contributed by atoms with Gasteiger partial charge in [0.25, 0.3) is 11.8 Å². The van der Waals surface area contributed by atoms with E-state index in [1.54, 1.807) is 6.07 Å². The summed E-state index contributed by atoms with van der Waals surface area (Å²) in [6.07, 6.45) is 2.06. The van der Waals surface area contributed by atoms with Gasteiger partial charge in [-0.05, 0) is 66.8 Å². The van der Waals surface area contributed by atoms with Gasteiger partial charge in [-0.2, -0.15) is 0 Å². The molecule has 1 N–H and O–H groups in total. The van der Waals surface area contributed by atoms with Crippen molar-refractivity contribution in [3.63, 3.8) is 0 Å². The topological polar surface area (TPSA) is 60.9 Å². The molecule has 0 spiro atoms. The summed E-state index contributed by atoms with van der Waals surface area (Å²) in [5, 5.41) is 9.59. The number of aliphatic hydroxyl groups is 1. The van der Waals surface area contributed by atoms with Gasteiger partial charge in [-0.3, -0.25) is 14.5 Å². The van der Waals surface area contributed by atoms with Gasteiger partial charge in [0.2, 0.25) is 0 Å². The van der Waals surface area contributed by atoms with Crippen LogP contribution in [0.1, 0.15) is 44.7 Å². The van der Waals surface area contributed by atoms with Crippen molar-refractivity contribution in [2.45, 2.75) is 32.4 Å². The lowest BCUT2D eigenvalue weighted by molar-refractivity contribution is 0.0926. The normalized spacial score (nSPS) is 18.4. The Bertz CT molecular complexity index is 1190. The van der Waals surface area contributed by atoms with E-state index in [1.165, 1.54) is 4.90 Å². The van der Waals surface area contributed by atoms with Gasteiger partial charge in [0.15, 0.2) is 0 Å². The molecule has 3 aromatic rings. The van der Waals surface area contributed by atoms with E-state index < -0.39 is 0 Å². The van der Waals surface area contributed by atoms with E-state index in [4.69, 9.17) is 0 Å². The second-order valence-electron chi connectivity index (χ2n) is 8.59. The van der Waals surface area contributed by atoms with Crippen molar-refractivity contribution < 1.29 is 14.7 Å². The van der Waals surface area contributed by atoms with E-state index in [0.29, 0.717) is 23.4 Å². The van der Waals surface area contributed by atoms with E-state index in [0.717, 1.165) is 41.6 Å². The molecular weight excluding hydrogens is 400 g/mol. The van der Waals surface area contributed by atoms with Crippen molar-refractivity contribution in [1.82, 2.24) is 4.90 Å². The van der Waals surface area contributed by atoms with Crippen LogP contribution < -0.4 is 4.90 Å². The van der Waals surface area contributed by atoms with E-state index in [1.807, 2.05) is 67.6 Å². The van der Waals surface area contributed by atoms with Gasteiger partial charge in [-0.1, -0.05) is 48.5 Å². The third-order valence-corrected chi connectivity index (χ3v) is 6.68. The van der Waals surface area contributed by atoms with E-state index in [2.05, 4.69) is 4.90 Å². The molecule has 0 aliphatic carbocycles. The van der Waals surface area contributed by atoms with E-state index in [-0.39, 0.29) is 24.5 Å². The fourth-order valence-electron chi connectivity index (χ4n) is 4.95. The number of hydrogen-bond acceptors (Lipinski definition) is 4. The Morgan fingerprint density at radius 3 is 2.47 bits per heavy atom. The van der Waals surface area contributed by atoms with Crippen LogP contribution in [-0.2, 0) is 6.54 Å². The maximum absolute atomic E-state index is 13.4. The lowest BCUT2D eigenvalue weighted by Gasteiger charge is -2.22. The molecule has 1 fully saturated rings. The molecule has 5 heteroatoms. The monoisotopic (exact) mass is 426 g/mol. The van der Waals surface area contributed by atoms with Gasteiger partial charge < -0.3 is 5.11 Å². The number of amides is 2. The highest BCUT2D eigenvalue weighted by Gasteiger charge is 2.38. The molecule has 0 unspecified atom stereocenters. The maximum atomic E-state index is 13.4. The Balaban J connectivity index is 1.47. The second kappa shape index (κ2) is 8.34. The number of carbonyl (C=O) groups excluding carboxylic acids is 2. The molecule has 0 saturated carbocycles. The zero-order chi connectivity index (χ0) is 22.2. The maximum Gasteiger partial charge on any atom is 0.266 e. The van der Waals surface area contributed by atoms with Crippen LogP contribution in [0.4, 0.5) is 5.69 Å². The lowest BCUT2D eigenvalue weighted by Crippen LogP contribution is -2.31. The summed E-state index contributed by atoms with van der Waals surface area (Å²) in [5.41, 5.74) is 5.47. The number of anilines is 1. The summed E-state index contributed by atoms with van der Waals surface area (Å²) in [6, 6.07) is 21.4. The second-order valence-corrected chi connectivity index (χ2v) is 8.59. The van der Waals surface area contributed by atoms with Gasteiger partial charge in [-0.15, -0.1) is 0 Å². The number of hydrogen-bond donors (Lipinski definition) is 1. The van der Waals surface area contributed by atoms with Gasteiger partial charge in [0.1, 0.15) is 0 Å². The van der Waals surface area contributed by atoms with E-state index >= 15 is 0 Å². The fourth-order valence-corrected chi connectivity index (χ4v) is 4.95. The van der Waals surface area contributed by atoms with Crippen LogP contribution in [0.2, 0.25) is 0 Å². The molecule has 5 nitrogen and oxygen atoms in total. The Labute approximate surface area is 187 Å². The molecule has 2 aliphatic heterocycles. The number of benzene rings is 3. The van der Waals surface area contributed by atoms with Crippen LogP contribution in [0.15, 0.2) is 66.7 Å². The number of likely N-dealkylation sites (tertiary alicyclic amines) is 1. The van der Waals surface area contributed by atoms with Crippen molar-refractivity contribution in [3.05, 3.63) is 89.0 Å². The molecule has 0 bridgehead atoms. The first-order chi connectivity index (χ1) is 15.6.